The summed E-state index contributed by atoms with van der Waals surface area (Å²) < 4.78 is 0. The highest BCUT2D eigenvalue weighted by atomic mass is 15.8. The van der Waals surface area contributed by atoms with Crippen LogP contribution < -0.4 is 5.43 Å². The molecule has 0 bridgehead atoms. The van der Waals surface area contributed by atoms with E-state index in [1.54, 1.807) is 5.12 Å². The standard InChI is InChI=1S/C4H10N4/c1-3-8-6-4(2)5-7-8/h4,6H,3H2,1-2H3. The van der Waals surface area contributed by atoms with E-state index in [9.17, 15) is 0 Å². The Morgan fingerprint density at radius 2 is 2.50 bits per heavy atom. The fourth-order valence-electron chi connectivity index (χ4n) is 0.562. The molecule has 0 fully saturated rings. The Bertz CT molecular complexity index is 100. The largest absolute Gasteiger partial charge is 0.210 e. The van der Waals surface area contributed by atoms with Gasteiger partial charge in [-0.25, -0.2) is 5.12 Å². The summed E-state index contributed by atoms with van der Waals surface area (Å²) in [5.41, 5.74) is 3.00. The molecule has 1 heterocycles. The summed E-state index contributed by atoms with van der Waals surface area (Å²) in [6.45, 7) is 4.84. The van der Waals surface area contributed by atoms with Crippen LogP contribution in [0.25, 0.3) is 0 Å². The molecule has 0 amide bonds. The first-order chi connectivity index (χ1) is 3.83. The summed E-state index contributed by atoms with van der Waals surface area (Å²) in [6.07, 6.45) is 0.162. The van der Waals surface area contributed by atoms with E-state index in [2.05, 4.69) is 15.8 Å². The number of rotatable bonds is 1. The van der Waals surface area contributed by atoms with Crippen LogP contribution in [0.15, 0.2) is 10.3 Å². The summed E-state index contributed by atoms with van der Waals surface area (Å²) in [6, 6.07) is 0. The van der Waals surface area contributed by atoms with Crippen molar-refractivity contribution in [2.45, 2.75) is 20.0 Å². The van der Waals surface area contributed by atoms with E-state index in [0.717, 1.165) is 6.54 Å². The van der Waals surface area contributed by atoms with Crippen molar-refractivity contribution in [1.82, 2.24) is 10.5 Å². The van der Waals surface area contributed by atoms with E-state index >= 15 is 0 Å². The molecule has 1 aliphatic heterocycles. The van der Waals surface area contributed by atoms with Crippen LogP contribution in [-0.4, -0.2) is 17.8 Å². The van der Waals surface area contributed by atoms with Gasteiger partial charge in [-0.2, -0.15) is 5.43 Å². The van der Waals surface area contributed by atoms with Crippen molar-refractivity contribution in [2.24, 2.45) is 10.3 Å². The summed E-state index contributed by atoms with van der Waals surface area (Å²) in [5.74, 6) is 0. The number of hydrogen-bond acceptors (Lipinski definition) is 4. The summed E-state index contributed by atoms with van der Waals surface area (Å²) in [4.78, 5) is 0. The van der Waals surface area contributed by atoms with Gasteiger partial charge in [0.05, 0.1) is 6.54 Å². The Kier molecular flexibility index (Phi) is 1.43. The monoisotopic (exact) mass is 114 g/mol. The van der Waals surface area contributed by atoms with E-state index in [1.807, 2.05) is 13.8 Å². The van der Waals surface area contributed by atoms with E-state index in [4.69, 9.17) is 0 Å². The molecule has 1 atom stereocenters. The fourth-order valence-corrected chi connectivity index (χ4v) is 0.562. The van der Waals surface area contributed by atoms with Crippen LogP contribution >= 0.6 is 0 Å². The Hall–Kier alpha value is -0.640. The predicted octanol–water partition coefficient (Wildman–Crippen LogP) is 0.540. The zero-order chi connectivity index (χ0) is 5.98. The van der Waals surface area contributed by atoms with Gasteiger partial charge in [0, 0.05) is 0 Å². The van der Waals surface area contributed by atoms with Crippen molar-refractivity contribution in [3.63, 3.8) is 0 Å². The molecule has 0 saturated carbocycles. The molecule has 0 spiro atoms. The molecule has 1 rings (SSSR count). The van der Waals surface area contributed by atoms with Gasteiger partial charge >= 0.3 is 0 Å². The first-order valence-electron chi connectivity index (χ1n) is 2.77. The number of hydrogen-bond donors (Lipinski definition) is 1. The lowest BCUT2D eigenvalue weighted by Gasteiger charge is -2.08. The molecule has 8 heavy (non-hydrogen) atoms. The number of nitrogens with zero attached hydrogens (tertiary/aromatic N) is 3. The highest BCUT2D eigenvalue weighted by molar-refractivity contribution is 4.55. The van der Waals surface area contributed by atoms with Gasteiger partial charge in [0.1, 0.15) is 6.17 Å². The molecule has 0 aromatic heterocycles. The maximum absolute atomic E-state index is 3.83. The van der Waals surface area contributed by atoms with Crippen molar-refractivity contribution < 1.29 is 0 Å². The van der Waals surface area contributed by atoms with E-state index in [-0.39, 0.29) is 6.17 Å². The Balaban J connectivity index is 2.34. The molecule has 0 aromatic rings. The van der Waals surface area contributed by atoms with Crippen LogP contribution in [-0.2, 0) is 0 Å². The molecular formula is C4H10N4. The highest BCUT2D eigenvalue weighted by Gasteiger charge is 2.09. The van der Waals surface area contributed by atoms with Gasteiger partial charge in [0.2, 0.25) is 0 Å². The SMILES string of the molecule is CCN1N=NC(C)N1. The lowest BCUT2D eigenvalue weighted by molar-refractivity contribution is 0.225. The molecule has 1 N–H and O–H groups in total. The molecule has 46 valence electrons. The average Bonchev–Trinajstić information content (AvgIpc) is 2.14. The normalized spacial score (nSPS) is 27.2. The number of hydrazine groups is 1. The highest BCUT2D eigenvalue weighted by Crippen LogP contribution is 1.98. The molecule has 0 saturated heterocycles. The van der Waals surface area contributed by atoms with Crippen LogP contribution in [0.2, 0.25) is 0 Å². The van der Waals surface area contributed by atoms with Gasteiger partial charge < -0.3 is 0 Å². The van der Waals surface area contributed by atoms with Gasteiger partial charge in [-0.1, -0.05) is 5.22 Å². The minimum Gasteiger partial charge on any atom is -0.210 e. The van der Waals surface area contributed by atoms with Crippen LogP contribution in [0, 0.1) is 0 Å². The van der Waals surface area contributed by atoms with Crippen LogP contribution in [0.4, 0.5) is 0 Å². The van der Waals surface area contributed by atoms with Crippen molar-refractivity contribution in [1.29, 1.82) is 0 Å². The molecule has 0 radical (unpaired) electrons. The maximum atomic E-state index is 3.83. The van der Waals surface area contributed by atoms with Crippen molar-refractivity contribution in [2.75, 3.05) is 6.54 Å². The first-order valence-corrected chi connectivity index (χ1v) is 2.77. The fraction of sp³-hybridized carbons (Fsp3) is 1.00. The summed E-state index contributed by atoms with van der Waals surface area (Å²) >= 11 is 0. The minimum atomic E-state index is 0.162. The molecule has 0 aliphatic carbocycles. The van der Waals surface area contributed by atoms with E-state index in [0.29, 0.717) is 0 Å². The maximum Gasteiger partial charge on any atom is 0.138 e. The van der Waals surface area contributed by atoms with Crippen molar-refractivity contribution in [3.05, 3.63) is 0 Å². The molecule has 1 aliphatic rings. The second-order valence-corrected chi connectivity index (χ2v) is 1.73. The lowest BCUT2D eigenvalue weighted by Crippen LogP contribution is -2.32. The van der Waals surface area contributed by atoms with E-state index < -0.39 is 0 Å². The third kappa shape index (κ3) is 0.949. The molecule has 4 heteroatoms. The third-order valence-electron chi connectivity index (χ3n) is 0.968. The predicted molar refractivity (Wildman–Crippen MR) is 29.8 cm³/mol. The zero-order valence-electron chi connectivity index (χ0n) is 5.13. The van der Waals surface area contributed by atoms with Gasteiger partial charge in [-0.3, -0.25) is 0 Å². The van der Waals surface area contributed by atoms with Gasteiger partial charge in [-0.15, -0.1) is 5.11 Å². The van der Waals surface area contributed by atoms with Crippen LogP contribution in [0.3, 0.4) is 0 Å². The summed E-state index contributed by atoms with van der Waals surface area (Å²) in [5, 5.41) is 9.32. The van der Waals surface area contributed by atoms with Crippen LogP contribution in [0.1, 0.15) is 13.8 Å². The average molecular weight is 114 g/mol. The quantitative estimate of drug-likeness (QED) is 0.540. The third-order valence-corrected chi connectivity index (χ3v) is 0.968. The Morgan fingerprint density at radius 3 is 2.75 bits per heavy atom. The first kappa shape index (κ1) is 5.50. The van der Waals surface area contributed by atoms with Gasteiger partial charge in [0.15, 0.2) is 0 Å². The topological polar surface area (TPSA) is 40.0 Å². The van der Waals surface area contributed by atoms with Gasteiger partial charge in [0.25, 0.3) is 0 Å². The lowest BCUT2D eigenvalue weighted by atomic mass is 10.6. The molecule has 1 unspecified atom stereocenters. The van der Waals surface area contributed by atoms with E-state index in [1.165, 1.54) is 0 Å². The summed E-state index contributed by atoms with van der Waals surface area (Å²) in [7, 11) is 0. The van der Waals surface area contributed by atoms with Crippen LogP contribution in [0.5, 0.6) is 0 Å². The molecule has 0 aromatic carbocycles. The molecule has 4 nitrogen and oxygen atoms in total. The van der Waals surface area contributed by atoms with Crippen molar-refractivity contribution >= 4 is 0 Å². The van der Waals surface area contributed by atoms with Gasteiger partial charge in [-0.05, 0) is 13.8 Å². The smallest absolute Gasteiger partial charge is 0.138 e. The van der Waals surface area contributed by atoms with Crippen molar-refractivity contribution in [3.8, 4) is 0 Å². The minimum absolute atomic E-state index is 0.162. The zero-order valence-corrected chi connectivity index (χ0v) is 5.13. The second kappa shape index (κ2) is 2.09. The molecular weight excluding hydrogens is 104 g/mol. The Morgan fingerprint density at radius 1 is 1.75 bits per heavy atom. The second-order valence-electron chi connectivity index (χ2n) is 1.73. The Labute approximate surface area is 48.5 Å². The number of nitrogens with one attached hydrogen (secondary N) is 1.